The Labute approximate surface area is 219 Å². The molecule has 1 aromatic heterocycles. The van der Waals surface area contributed by atoms with Crippen molar-refractivity contribution in [3.63, 3.8) is 0 Å². The number of ketones is 1. The molecule has 1 saturated carbocycles. The zero-order chi connectivity index (χ0) is 26.4. The fourth-order valence-corrected chi connectivity index (χ4v) is 8.27. The molecule has 0 spiro atoms. The lowest BCUT2D eigenvalue weighted by Crippen LogP contribution is -2.36. The molecule has 6 nitrogen and oxygen atoms in total. The van der Waals surface area contributed by atoms with Crippen LogP contribution in [-0.4, -0.2) is 44.3 Å². The van der Waals surface area contributed by atoms with Crippen molar-refractivity contribution in [3.8, 4) is 5.75 Å². The van der Waals surface area contributed by atoms with Crippen molar-refractivity contribution in [2.45, 2.75) is 79.2 Å². The molecule has 3 atom stereocenters. The average Bonchev–Trinajstić information content (AvgIpc) is 3.10. The van der Waals surface area contributed by atoms with E-state index in [0.717, 1.165) is 28.0 Å². The van der Waals surface area contributed by atoms with E-state index < -0.39 is 16.1 Å². The third-order valence-electron chi connectivity index (χ3n) is 7.87. The Morgan fingerprint density at radius 1 is 1.25 bits per heavy atom. The van der Waals surface area contributed by atoms with Crippen LogP contribution in [-0.2, 0) is 22.9 Å². The minimum absolute atomic E-state index is 0.00418. The van der Waals surface area contributed by atoms with Gasteiger partial charge in [0.2, 0.25) is 10.0 Å². The zero-order valence-electron chi connectivity index (χ0n) is 22.2. The Morgan fingerprint density at radius 3 is 2.56 bits per heavy atom. The maximum Gasteiger partial charge on any atom is 0.211 e. The first-order valence-corrected chi connectivity index (χ1v) is 15.4. The molecule has 198 valence electrons. The quantitative estimate of drug-likeness (QED) is 0.381. The summed E-state index contributed by atoms with van der Waals surface area (Å²) in [5, 5.41) is 10.2. The monoisotopic (exact) mass is 533 g/mol. The summed E-state index contributed by atoms with van der Waals surface area (Å²) in [7, 11) is -3.37. The summed E-state index contributed by atoms with van der Waals surface area (Å²) in [6.45, 7) is 12.5. The number of carbonyl (C=O) groups is 1. The van der Waals surface area contributed by atoms with Crippen LogP contribution in [0.25, 0.3) is 0 Å². The van der Waals surface area contributed by atoms with Gasteiger partial charge in [-0.15, -0.1) is 11.3 Å². The predicted molar refractivity (Wildman–Crippen MR) is 145 cm³/mol. The van der Waals surface area contributed by atoms with Crippen LogP contribution in [0, 0.1) is 32.1 Å². The van der Waals surface area contributed by atoms with Crippen molar-refractivity contribution >= 4 is 27.1 Å². The number of benzene rings is 1. The van der Waals surface area contributed by atoms with Crippen LogP contribution in [0.3, 0.4) is 0 Å². The number of sulfonamides is 1. The Morgan fingerprint density at radius 2 is 1.92 bits per heavy atom. The van der Waals surface area contributed by atoms with Crippen molar-refractivity contribution in [1.82, 2.24) is 4.72 Å². The lowest BCUT2D eigenvalue weighted by Gasteiger charge is -2.17. The summed E-state index contributed by atoms with van der Waals surface area (Å²) in [5.74, 6) is 2.31. The van der Waals surface area contributed by atoms with Crippen LogP contribution in [0.4, 0.5) is 0 Å². The first kappa shape index (κ1) is 27.3. The molecule has 0 radical (unpaired) electrons. The van der Waals surface area contributed by atoms with Gasteiger partial charge in [0, 0.05) is 17.8 Å². The van der Waals surface area contributed by atoms with Gasteiger partial charge in [-0.1, -0.05) is 32.9 Å². The summed E-state index contributed by atoms with van der Waals surface area (Å²) in [6.07, 6.45) is 1.79. The standard InChI is InChI=1S/C28H39NO5S2/c1-7-10-36(32,33)29-14-20(30)15-34-26-16(2)11-19(12-17(26)3)8-9-23(31)27-21-13-22-25(28(22,5)6)24(21)18(4)35-27/h11-12,20,22,25,29-30H,7-10,13-15H2,1-6H3/t20?,22-,25-/m1/s1. The van der Waals surface area contributed by atoms with E-state index in [-0.39, 0.29) is 24.7 Å². The predicted octanol–water partition coefficient (Wildman–Crippen LogP) is 4.85. The second-order valence-electron chi connectivity index (χ2n) is 11.1. The van der Waals surface area contributed by atoms with Gasteiger partial charge in [-0.2, -0.15) is 0 Å². The molecule has 0 saturated heterocycles. The van der Waals surface area contributed by atoms with Crippen LogP contribution in [0.1, 0.15) is 81.9 Å². The SMILES string of the molecule is CCCS(=O)(=O)NCC(O)COc1c(C)cc(CCC(=O)c2sc(C)c3c2C[C@@H]2[C@H]3C2(C)C)cc1C. The molecule has 4 rings (SSSR count). The molecule has 2 aliphatic rings. The number of nitrogens with one attached hydrogen (secondary N) is 1. The van der Waals surface area contributed by atoms with Crippen molar-refractivity contribution in [2.75, 3.05) is 18.9 Å². The minimum Gasteiger partial charge on any atom is -0.490 e. The zero-order valence-corrected chi connectivity index (χ0v) is 23.9. The Bertz CT molecular complexity index is 1240. The second kappa shape index (κ2) is 10.2. The number of fused-ring (bicyclic) bond motifs is 3. The van der Waals surface area contributed by atoms with E-state index in [9.17, 15) is 18.3 Å². The molecule has 1 unspecified atom stereocenters. The van der Waals surface area contributed by atoms with Gasteiger partial charge < -0.3 is 9.84 Å². The third-order valence-corrected chi connectivity index (χ3v) is 10.6. The number of aryl methyl sites for hydroxylation is 4. The maximum atomic E-state index is 13.2. The summed E-state index contributed by atoms with van der Waals surface area (Å²) in [6, 6.07) is 4.07. The van der Waals surface area contributed by atoms with Crippen molar-refractivity contribution in [3.05, 3.63) is 49.7 Å². The average molecular weight is 534 g/mol. The Balaban J connectivity index is 1.33. The van der Waals surface area contributed by atoms with Crippen LogP contribution in [0.15, 0.2) is 12.1 Å². The third kappa shape index (κ3) is 5.42. The maximum absolute atomic E-state index is 13.2. The van der Waals surface area contributed by atoms with E-state index in [4.69, 9.17) is 4.74 Å². The molecule has 2 N–H and O–H groups in total. The first-order chi connectivity index (χ1) is 16.9. The second-order valence-corrected chi connectivity index (χ2v) is 14.3. The highest BCUT2D eigenvalue weighted by Gasteiger charge is 2.63. The van der Waals surface area contributed by atoms with E-state index in [2.05, 4.69) is 25.5 Å². The highest BCUT2D eigenvalue weighted by atomic mass is 32.2. The summed E-state index contributed by atoms with van der Waals surface area (Å²) in [4.78, 5) is 15.5. The van der Waals surface area contributed by atoms with Crippen molar-refractivity contribution in [1.29, 1.82) is 0 Å². The van der Waals surface area contributed by atoms with E-state index in [1.807, 2.05) is 26.0 Å². The van der Waals surface area contributed by atoms with Crippen LogP contribution >= 0.6 is 11.3 Å². The number of aliphatic hydroxyl groups is 1. The van der Waals surface area contributed by atoms with Crippen LogP contribution in [0.5, 0.6) is 5.75 Å². The van der Waals surface area contributed by atoms with Gasteiger partial charge in [0.25, 0.3) is 0 Å². The number of carbonyl (C=O) groups excluding carboxylic acids is 1. The topological polar surface area (TPSA) is 92.7 Å². The fraction of sp³-hybridized carbons (Fsp3) is 0.607. The number of rotatable bonds is 12. The van der Waals surface area contributed by atoms with E-state index in [1.165, 1.54) is 16.0 Å². The van der Waals surface area contributed by atoms with Gasteiger partial charge in [0.1, 0.15) is 18.5 Å². The molecule has 0 bridgehead atoms. The Kier molecular flexibility index (Phi) is 7.73. The van der Waals surface area contributed by atoms with Gasteiger partial charge in [-0.25, -0.2) is 13.1 Å². The number of thiophene rings is 1. The molecular formula is C28H39NO5S2. The molecule has 2 aromatic rings. The normalized spacial score (nSPS) is 20.6. The number of Topliss-reactive ketones (excluding diaryl/α,β-unsaturated/α-hetero) is 1. The molecule has 1 fully saturated rings. The van der Waals surface area contributed by atoms with Gasteiger partial charge in [-0.3, -0.25) is 4.79 Å². The number of hydrogen-bond donors (Lipinski definition) is 2. The fourth-order valence-electron chi connectivity index (χ4n) is 5.94. The highest BCUT2D eigenvalue weighted by molar-refractivity contribution is 7.89. The van der Waals surface area contributed by atoms with E-state index >= 15 is 0 Å². The number of ether oxygens (including phenoxy) is 1. The number of aliphatic hydroxyl groups excluding tert-OH is 1. The van der Waals surface area contributed by atoms with Crippen molar-refractivity contribution < 1.29 is 23.1 Å². The highest BCUT2D eigenvalue weighted by Crippen LogP contribution is 2.71. The summed E-state index contributed by atoms with van der Waals surface area (Å²) in [5.41, 5.74) is 6.14. The molecule has 8 heteroatoms. The first-order valence-electron chi connectivity index (χ1n) is 12.9. The molecule has 36 heavy (non-hydrogen) atoms. The largest absolute Gasteiger partial charge is 0.490 e. The Hall–Kier alpha value is -1.74. The molecule has 1 heterocycles. The number of hydrogen-bond acceptors (Lipinski definition) is 6. The van der Waals surface area contributed by atoms with Gasteiger partial charge in [-0.05, 0) is 85.1 Å². The van der Waals surface area contributed by atoms with Gasteiger partial charge in [0.05, 0.1) is 10.6 Å². The van der Waals surface area contributed by atoms with Gasteiger partial charge in [0.15, 0.2) is 5.78 Å². The molecule has 0 amide bonds. The van der Waals surface area contributed by atoms with Crippen molar-refractivity contribution in [2.24, 2.45) is 11.3 Å². The van der Waals surface area contributed by atoms with E-state index in [0.29, 0.717) is 42.3 Å². The van der Waals surface area contributed by atoms with E-state index in [1.54, 1.807) is 18.3 Å². The lowest BCUT2D eigenvalue weighted by molar-refractivity contribution is 0.0985. The minimum atomic E-state index is -3.37. The summed E-state index contributed by atoms with van der Waals surface area (Å²) >= 11 is 1.68. The smallest absolute Gasteiger partial charge is 0.211 e. The molecular weight excluding hydrogens is 494 g/mol. The molecule has 1 aromatic carbocycles. The lowest BCUT2D eigenvalue weighted by atomic mass is 9.93. The van der Waals surface area contributed by atoms with Crippen LogP contribution in [0.2, 0.25) is 0 Å². The molecule has 0 aliphatic heterocycles. The molecule has 2 aliphatic carbocycles. The summed E-state index contributed by atoms with van der Waals surface area (Å²) < 4.78 is 31.8. The van der Waals surface area contributed by atoms with Crippen LogP contribution < -0.4 is 9.46 Å². The van der Waals surface area contributed by atoms with Gasteiger partial charge >= 0.3 is 0 Å².